The summed E-state index contributed by atoms with van der Waals surface area (Å²) in [5, 5.41) is 2.93. The van der Waals surface area contributed by atoms with Crippen molar-refractivity contribution in [1.82, 2.24) is 4.90 Å². The van der Waals surface area contributed by atoms with Gasteiger partial charge < -0.3 is 10.1 Å². The molecule has 2 rings (SSSR count). The van der Waals surface area contributed by atoms with Crippen LogP contribution in [0.25, 0.3) is 0 Å². The number of hydrogen-bond acceptors (Lipinski definition) is 3. The number of benzene rings is 2. The van der Waals surface area contributed by atoms with Gasteiger partial charge in [0.2, 0.25) is 5.91 Å². The molecule has 4 nitrogen and oxygen atoms in total. The largest absolute Gasteiger partial charge is 0.496 e. The first kappa shape index (κ1) is 17.0. The minimum atomic E-state index is -0.0108. The number of aryl methyl sites for hydroxylation is 2. The Balaban J connectivity index is 1.90. The van der Waals surface area contributed by atoms with Crippen molar-refractivity contribution in [1.29, 1.82) is 0 Å². The number of ether oxygens (including phenoxy) is 1. The van der Waals surface area contributed by atoms with E-state index in [9.17, 15) is 4.79 Å². The van der Waals surface area contributed by atoms with Gasteiger partial charge in [-0.2, -0.15) is 0 Å². The van der Waals surface area contributed by atoms with Crippen molar-refractivity contribution in [3.8, 4) is 5.75 Å². The summed E-state index contributed by atoms with van der Waals surface area (Å²) in [5.41, 5.74) is 4.23. The summed E-state index contributed by atoms with van der Waals surface area (Å²) in [5.74, 6) is 0.872. The molecule has 2 aromatic carbocycles. The van der Waals surface area contributed by atoms with Crippen LogP contribution in [0, 0.1) is 13.8 Å². The fraction of sp³-hybridized carbons (Fsp3) is 0.316. The van der Waals surface area contributed by atoms with Crippen LogP contribution in [0.15, 0.2) is 42.5 Å². The molecule has 2 aromatic rings. The van der Waals surface area contributed by atoms with E-state index in [0.29, 0.717) is 13.1 Å². The zero-order valence-corrected chi connectivity index (χ0v) is 14.2. The maximum absolute atomic E-state index is 12.1. The van der Waals surface area contributed by atoms with Crippen LogP contribution in [0.5, 0.6) is 5.75 Å². The minimum Gasteiger partial charge on any atom is -0.496 e. The molecule has 0 heterocycles. The minimum absolute atomic E-state index is 0.0108. The normalized spacial score (nSPS) is 10.7. The first-order chi connectivity index (χ1) is 11.0. The molecule has 0 spiro atoms. The predicted octanol–water partition coefficient (Wildman–Crippen LogP) is 3.38. The van der Waals surface area contributed by atoms with Gasteiger partial charge in [-0.25, -0.2) is 0 Å². The van der Waals surface area contributed by atoms with Crippen molar-refractivity contribution in [2.75, 3.05) is 26.0 Å². The fourth-order valence-electron chi connectivity index (χ4n) is 2.57. The lowest BCUT2D eigenvalue weighted by Gasteiger charge is -2.17. The van der Waals surface area contributed by atoms with Gasteiger partial charge in [0, 0.05) is 12.2 Å². The van der Waals surface area contributed by atoms with Crippen molar-refractivity contribution in [2.45, 2.75) is 20.4 Å². The zero-order valence-electron chi connectivity index (χ0n) is 14.2. The molecular weight excluding hydrogens is 288 g/mol. The van der Waals surface area contributed by atoms with Gasteiger partial charge >= 0.3 is 0 Å². The van der Waals surface area contributed by atoms with E-state index in [4.69, 9.17) is 4.74 Å². The Labute approximate surface area is 138 Å². The van der Waals surface area contributed by atoms with E-state index in [0.717, 1.165) is 28.1 Å². The third kappa shape index (κ3) is 5.11. The van der Waals surface area contributed by atoms with Gasteiger partial charge in [-0.3, -0.25) is 9.69 Å². The quantitative estimate of drug-likeness (QED) is 0.889. The van der Waals surface area contributed by atoms with Gasteiger partial charge in [-0.15, -0.1) is 0 Å². The number of methoxy groups -OCH3 is 1. The molecule has 1 N–H and O–H groups in total. The first-order valence-electron chi connectivity index (χ1n) is 7.66. The molecule has 0 saturated heterocycles. The number of anilines is 1. The van der Waals surface area contributed by atoms with Crippen LogP contribution in [-0.4, -0.2) is 31.5 Å². The number of carbonyl (C=O) groups is 1. The van der Waals surface area contributed by atoms with Crippen LogP contribution in [0.4, 0.5) is 5.69 Å². The third-order valence-corrected chi connectivity index (χ3v) is 3.63. The molecule has 0 aliphatic carbocycles. The Morgan fingerprint density at radius 3 is 2.61 bits per heavy atom. The smallest absolute Gasteiger partial charge is 0.238 e. The molecule has 0 aliphatic heterocycles. The van der Waals surface area contributed by atoms with Crippen molar-refractivity contribution < 1.29 is 9.53 Å². The molecule has 0 bridgehead atoms. The molecule has 0 saturated carbocycles. The Hall–Kier alpha value is -2.33. The van der Waals surface area contributed by atoms with Crippen molar-refractivity contribution in [2.24, 2.45) is 0 Å². The number of likely N-dealkylation sites (N-methyl/N-ethyl adjacent to an activating group) is 1. The van der Waals surface area contributed by atoms with E-state index in [1.807, 2.05) is 62.2 Å². The molecule has 0 radical (unpaired) electrons. The van der Waals surface area contributed by atoms with Crippen LogP contribution in [-0.2, 0) is 11.3 Å². The maximum Gasteiger partial charge on any atom is 0.238 e. The molecule has 0 atom stereocenters. The van der Waals surface area contributed by atoms with E-state index in [-0.39, 0.29) is 5.91 Å². The molecular formula is C19H24N2O2. The standard InChI is InChI=1S/C19H24N2O2/c1-14-6-5-7-17(10-14)20-19(22)13-21(3)12-16-8-9-18(23-4)15(2)11-16/h5-11H,12-13H2,1-4H3,(H,20,22). The average molecular weight is 312 g/mol. The predicted molar refractivity (Wildman–Crippen MR) is 93.9 cm³/mol. The lowest BCUT2D eigenvalue weighted by molar-refractivity contribution is -0.117. The third-order valence-electron chi connectivity index (χ3n) is 3.63. The monoisotopic (exact) mass is 312 g/mol. The van der Waals surface area contributed by atoms with Gasteiger partial charge in [0.05, 0.1) is 13.7 Å². The summed E-state index contributed by atoms with van der Waals surface area (Å²) < 4.78 is 5.27. The second-order valence-corrected chi connectivity index (χ2v) is 5.89. The van der Waals surface area contributed by atoms with Gasteiger partial charge in [-0.05, 0) is 55.8 Å². The Bertz CT molecular complexity index is 683. The van der Waals surface area contributed by atoms with E-state index >= 15 is 0 Å². The number of rotatable bonds is 6. The fourth-order valence-corrected chi connectivity index (χ4v) is 2.57. The lowest BCUT2D eigenvalue weighted by Crippen LogP contribution is -2.29. The summed E-state index contributed by atoms with van der Waals surface area (Å²) >= 11 is 0. The first-order valence-corrected chi connectivity index (χ1v) is 7.66. The maximum atomic E-state index is 12.1. The second-order valence-electron chi connectivity index (χ2n) is 5.89. The summed E-state index contributed by atoms with van der Waals surface area (Å²) in [6.45, 7) is 5.09. The second kappa shape index (κ2) is 7.79. The summed E-state index contributed by atoms with van der Waals surface area (Å²) in [6, 6.07) is 13.9. The number of nitrogens with one attached hydrogen (secondary N) is 1. The highest BCUT2D eigenvalue weighted by atomic mass is 16.5. The number of hydrogen-bond donors (Lipinski definition) is 1. The van der Waals surface area contributed by atoms with E-state index < -0.39 is 0 Å². The van der Waals surface area contributed by atoms with Crippen LogP contribution in [0.2, 0.25) is 0 Å². The zero-order chi connectivity index (χ0) is 16.8. The average Bonchev–Trinajstić information content (AvgIpc) is 2.47. The number of nitrogens with zero attached hydrogens (tertiary/aromatic N) is 1. The Kier molecular flexibility index (Phi) is 5.77. The van der Waals surface area contributed by atoms with Crippen LogP contribution < -0.4 is 10.1 Å². The molecule has 0 aromatic heterocycles. The highest BCUT2D eigenvalue weighted by molar-refractivity contribution is 5.92. The molecule has 122 valence electrons. The molecule has 0 unspecified atom stereocenters. The molecule has 23 heavy (non-hydrogen) atoms. The molecule has 0 aliphatic rings. The summed E-state index contributed by atoms with van der Waals surface area (Å²) in [7, 11) is 3.61. The molecule has 0 fully saturated rings. The Morgan fingerprint density at radius 2 is 1.96 bits per heavy atom. The topological polar surface area (TPSA) is 41.6 Å². The Morgan fingerprint density at radius 1 is 1.17 bits per heavy atom. The van der Waals surface area contributed by atoms with E-state index in [1.54, 1.807) is 7.11 Å². The van der Waals surface area contributed by atoms with Gasteiger partial charge in [0.15, 0.2) is 0 Å². The summed E-state index contributed by atoms with van der Waals surface area (Å²) in [4.78, 5) is 14.1. The van der Waals surface area contributed by atoms with Crippen molar-refractivity contribution in [3.05, 3.63) is 59.2 Å². The van der Waals surface area contributed by atoms with Gasteiger partial charge in [0.1, 0.15) is 5.75 Å². The number of carbonyl (C=O) groups excluding carboxylic acids is 1. The highest BCUT2D eigenvalue weighted by Crippen LogP contribution is 2.19. The number of amides is 1. The van der Waals surface area contributed by atoms with Crippen LogP contribution in [0.1, 0.15) is 16.7 Å². The molecule has 1 amide bonds. The van der Waals surface area contributed by atoms with Crippen LogP contribution >= 0.6 is 0 Å². The lowest BCUT2D eigenvalue weighted by atomic mass is 10.1. The van der Waals surface area contributed by atoms with E-state index in [1.165, 1.54) is 0 Å². The van der Waals surface area contributed by atoms with Gasteiger partial charge in [-0.1, -0.05) is 24.3 Å². The van der Waals surface area contributed by atoms with E-state index in [2.05, 4.69) is 11.4 Å². The van der Waals surface area contributed by atoms with Crippen molar-refractivity contribution in [3.63, 3.8) is 0 Å². The highest BCUT2D eigenvalue weighted by Gasteiger charge is 2.09. The SMILES string of the molecule is COc1ccc(CN(C)CC(=O)Nc2cccc(C)c2)cc1C. The van der Waals surface area contributed by atoms with Crippen molar-refractivity contribution >= 4 is 11.6 Å². The summed E-state index contributed by atoms with van der Waals surface area (Å²) in [6.07, 6.45) is 0. The van der Waals surface area contributed by atoms with Crippen LogP contribution in [0.3, 0.4) is 0 Å². The molecule has 4 heteroatoms. The van der Waals surface area contributed by atoms with Gasteiger partial charge in [0.25, 0.3) is 0 Å².